The topological polar surface area (TPSA) is 53.2 Å². The van der Waals surface area contributed by atoms with E-state index in [-0.39, 0.29) is 5.91 Å². The molecule has 2 aromatic carbocycles. The molecular formula is C15H17N3OS. The van der Waals surface area contributed by atoms with Crippen LogP contribution in [0.25, 0.3) is 10.8 Å². The number of carbonyl (C=O) groups excluding carboxylic acids is 1. The molecule has 0 bridgehead atoms. The molecule has 5 heteroatoms. The van der Waals surface area contributed by atoms with E-state index >= 15 is 0 Å². The fraction of sp³-hybridized carbons (Fsp3) is 0.200. The van der Waals surface area contributed by atoms with Crippen LogP contribution in [0, 0.1) is 0 Å². The Labute approximate surface area is 123 Å². The van der Waals surface area contributed by atoms with Gasteiger partial charge in [-0.15, -0.1) is 0 Å². The van der Waals surface area contributed by atoms with Crippen LogP contribution in [-0.4, -0.2) is 11.0 Å². The van der Waals surface area contributed by atoms with Gasteiger partial charge in [0.2, 0.25) is 5.91 Å². The molecule has 1 amide bonds. The summed E-state index contributed by atoms with van der Waals surface area (Å²) in [5, 5.41) is 5.67. The number of thiocarbonyl (C=S) groups is 1. The zero-order valence-electron chi connectivity index (χ0n) is 11.3. The molecule has 2 aromatic rings. The van der Waals surface area contributed by atoms with Gasteiger partial charge in [0, 0.05) is 17.5 Å². The van der Waals surface area contributed by atoms with Crippen LogP contribution < -0.4 is 16.2 Å². The fourth-order valence-corrected chi connectivity index (χ4v) is 2.06. The summed E-state index contributed by atoms with van der Waals surface area (Å²) in [7, 11) is 0. The Morgan fingerprint density at radius 2 is 1.85 bits per heavy atom. The van der Waals surface area contributed by atoms with Crippen molar-refractivity contribution in [3.8, 4) is 0 Å². The number of hydrogen-bond donors (Lipinski definition) is 3. The van der Waals surface area contributed by atoms with Crippen molar-refractivity contribution in [3.63, 3.8) is 0 Å². The number of nitrogens with one attached hydrogen (secondary N) is 3. The molecule has 0 saturated carbocycles. The number of anilines is 1. The highest BCUT2D eigenvalue weighted by atomic mass is 32.1. The second-order valence-electron chi connectivity index (χ2n) is 4.40. The molecule has 104 valence electrons. The number of carbonyl (C=O) groups is 1. The van der Waals surface area contributed by atoms with E-state index in [2.05, 4.69) is 16.2 Å². The van der Waals surface area contributed by atoms with Crippen LogP contribution in [0.5, 0.6) is 0 Å². The van der Waals surface area contributed by atoms with E-state index in [0.717, 1.165) is 22.9 Å². The fourth-order valence-electron chi connectivity index (χ4n) is 1.90. The van der Waals surface area contributed by atoms with E-state index in [0.29, 0.717) is 11.5 Å². The van der Waals surface area contributed by atoms with E-state index in [1.54, 1.807) is 0 Å². The maximum absolute atomic E-state index is 11.4. The van der Waals surface area contributed by atoms with Crippen LogP contribution in [0.4, 0.5) is 5.69 Å². The van der Waals surface area contributed by atoms with Gasteiger partial charge in [0.05, 0.1) is 0 Å². The van der Waals surface area contributed by atoms with Crippen molar-refractivity contribution in [2.45, 2.75) is 19.8 Å². The number of rotatable bonds is 3. The first-order chi connectivity index (χ1) is 9.70. The maximum atomic E-state index is 11.4. The van der Waals surface area contributed by atoms with Crippen molar-refractivity contribution in [3.05, 3.63) is 42.5 Å². The molecule has 0 spiro atoms. The number of amides is 1. The molecule has 0 fully saturated rings. The Morgan fingerprint density at radius 1 is 1.10 bits per heavy atom. The van der Waals surface area contributed by atoms with Crippen molar-refractivity contribution in [2.24, 2.45) is 0 Å². The van der Waals surface area contributed by atoms with Gasteiger partial charge >= 0.3 is 0 Å². The number of hydrazine groups is 1. The molecule has 0 saturated heterocycles. The summed E-state index contributed by atoms with van der Waals surface area (Å²) in [5.41, 5.74) is 6.17. The lowest BCUT2D eigenvalue weighted by Gasteiger charge is -2.13. The molecule has 0 heterocycles. The van der Waals surface area contributed by atoms with Gasteiger partial charge < -0.3 is 5.32 Å². The second kappa shape index (κ2) is 6.86. The van der Waals surface area contributed by atoms with Gasteiger partial charge in [-0.05, 0) is 30.1 Å². The van der Waals surface area contributed by atoms with E-state index < -0.39 is 0 Å². The molecule has 2 rings (SSSR count). The van der Waals surface area contributed by atoms with Crippen molar-refractivity contribution >= 4 is 39.7 Å². The summed E-state index contributed by atoms with van der Waals surface area (Å²) in [5.74, 6) is -0.0745. The van der Waals surface area contributed by atoms with Gasteiger partial charge in [-0.25, -0.2) is 0 Å². The zero-order valence-corrected chi connectivity index (χ0v) is 12.1. The lowest BCUT2D eigenvalue weighted by molar-refractivity contribution is -0.121. The highest BCUT2D eigenvalue weighted by Crippen LogP contribution is 2.22. The van der Waals surface area contributed by atoms with Gasteiger partial charge in [-0.2, -0.15) is 0 Å². The first kappa shape index (κ1) is 14.3. The predicted octanol–water partition coefficient (Wildman–Crippen LogP) is 2.96. The normalized spacial score (nSPS) is 10.1. The number of benzene rings is 2. The minimum atomic E-state index is -0.0745. The Kier molecular flexibility index (Phi) is 4.90. The van der Waals surface area contributed by atoms with Crippen LogP contribution in [0.2, 0.25) is 0 Å². The lowest BCUT2D eigenvalue weighted by Crippen LogP contribution is -2.43. The van der Waals surface area contributed by atoms with Crippen LogP contribution in [0.1, 0.15) is 19.8 Å². The summed E-state index contributed by atoms with van der Waals surface area (Å²) in [6.07, 6.45) is 1.28. The zero-order chi connectivity index (χ0) is 14.4. The standard InChI is InChI=1S/C15H17N3OS/c1-2-6-14(19)17-18-15(20)16-13-10-5-8-11-7-3-4-9-12(11)13/h3-5,7-10H,2,6H2,1H3,(H,17,19)(H2,16,18,20). The van der Waals surface area contributed by atoms with Crippen molar-refractivity contribution in [1.29, 1.82) is 0 Å². The third-order valence-corrected chi connectivity index (χ3v) is 3.03. The molecule has 20 heavy (non-hydrogen) atoms. The minimum absolute atomic E-state index is 0.0745. The second-order valence-corrected chi connectivity index (χ2v) is 4.81. The Bertz CT molecular complexity index is 622. The van der Waals surface area contributed by atoms with Crippen LogP contribution in [0.3, 0.4) is 0 Å². The first-order valence-electron chi connectivity index (χ1n) is 6.54. The van der Waals surface area contributed by atoms with Crippen LogP contribution in [-0.2, 0) is 4.79 Å². The van der Waals surface area contributed by atoms with E-state index in [1.807, 2.05) is 49.4 Å². The SMILES string of the molecule is CCCC(=O)NNC(=S)Nc1cccc2ccccc12. The third-order valence-electron chi connectivity index (χ3n) is 2.83. The van der Waals surface area contributed by atoms with Gasteiger partial charge in [-0.1, -0.05) is 43.3 Å². The summed E-state index contributed by atoms with van der Waals surface area (Å²) < 4.78 is 0. The molecule has 0 atom stereocenters. The quantitative estimate of drug-likeness (QED) is 0.600. The van der Waals surface area contributed by atoms with Crippen molar-refractivity contribution in [2.75, 3.05) is 5.32 Å². The molecule has 0 aliphatic rings. The molecule has 0 radical (unpaired) electrons. The van der Waals surface area contributed by atoms with Crippen LogP contribution >= 0.6 is 12.2 Å². The van der Waals surface area contributed by atoms with Crippen molar-refractivity contribution < 1.29 is 4.79 Å². The average molecular weight is 287 g/mol. The van der Waals surface area contributed by atoms with Gasteiger partial charge in [-0.3, -0.25) is 15.6 Å². The predicted molar refractivity (Wildman–Crippen MR) is 86.4 cm³/mol. The summed E-state index contributed by atoms with van der Waals surface area (Å²) in [6, 6.07) is 14.0. The minimum Gasteiger partial charge on any atom is -0.331 e. The Morgan fingerprint density at radius 3 is 2.65 bits per heavy atom. The largest absolute Gasteiger partial charge is 0.331 e. The van der Waals surface area contributed by atoms with E-state index in [4.69, 9.17) is 12.2 Å². The number of hydrogen-bond acceptors (Lipinski definition) is 2. The third kappa shape index (κ3) is 3.68. The van der Waals surface area contributed by atoms with Crippen LogP contribution in [0.15, 0.2) is 42.5 Å². The average Bonchev–Trinajstić information content (AvgIpc) is 2.46. The lowest BCUT2D eigenvalue weighted by atomic mass is 10.1. The molecule has 3 N–H and O–H groups in total. The van der Waals surface area contributed by atoms with Crippen molar-refractivity contribution in [1.82, 2.24) is 10.9 Å². The molecule has 0 aliphatic carbocycles. The highest BCUT2D eigenvalue weighted by molar-refractivity contribution is 7.80. The number of fused-ring (bicyclic) bond motifs is 1. The van der Waals surface area contributed by atoms with E-state index in [1.165, 1.54) is 0 Å². The van der Waals surface area contributed by atoms with Gasteiger partial charge in [0.15, 0.2) is 5.11 Å². The Balaban J connectivity index is 2.01. The van der Waals surface area contributed by atoms with Gasteiger partial charge in [0.1, 0.15) is 0 Å². The monoisotopic (exact) mass is 287 g/mol. The van der Waals surface area contributed by atoms with Gasteiger partial charge in [0.25, 0.3) is 0 Å². The van der Waals surface area contributed by atoms with E-state index in [9.17, 15) is 4.79 Å². The molecule has 0 aliphatic heterocycles. The molecule has 0 unspecified atom stereocenters. The first-order valence-corrected chi connectivity index (χ1v) is 6.95. The summed E-state index contributed by atoms with van der Waals surface area (Å²) in [6.45, 7) is 1.95. The molecule has 4 nitrogen and oxygen atoms in total. The highest BCUT2D eigenvalue weighted by Gasteiger charge is 2.03. The maximum Gasteiger partial charge on any atom is 0.238 e. The summed E-state index contributed by atoms with van der Waals surface area (Å²) >= 11 is 5.16. The molecule has 0 aromatic heterocycles. The molecular weight excluding hydrogens is 270 g/mol. The summed E-state index contributed by atoms with van der Waals surface area (Å²) in [4.78, 5) is 11.4. The Hall–Kier alpha value is -2.14. The smallest absolute Gasteiger partial charge is 0.238 e.